The minimum Gasteiger partial charge on any atom is -0.267 e. The van der Waals surface area contributed by atoms with Crippen LogP contribution in [0.2, 0.25) is 0 Å². The highest BCUT2D eigenvalue weighted by molar-refractivity contribution is 6.32. The molecule has 25 heavy (non-hydrogen) atoms. The van der Waals surface area contributed by atoms with E-state index in [1.807, 2.05) is 24.3 Å². The third-order valence-electron chi connectivity index (χ3n) is 4.04. The van der Waals surface area contributed by atoms with Crippen molar-refractivity contribution in [3.05, 3.63) is 75.3 Å². The van der Waals surface area contributed by atoms with E-state index in [0.29, 0.717) is 22.5 Å². The highest BCUT2D eigenvalue weighted by Crippen LogP contribution is 2.26. The van der Waals surface area contributed by atoms with Crippen molar-refractivity contribution in [3.63, 3.8) is 0 Å². The third-order valence-corrected chi connectivity index (χ3v) is 4.04. The Morgan fingerprint density at radius 2 is 1.92 bits per heavy atom. The molecule has 0 N–H and O–H groups in total. The first-order chi connectivity index (χ1) is 12.0. The van der Waals surface area contributed by atoms with E-state index in [4.69, 9.17) is 0 Å². The number of aryl methyl sites for hydroxylation is 1. The third kappa shape index (κ3) is 3.33. The van der Waals surface area contributed by atoms with E-state index in [2.05, 4.69) is 12.0 Å². The summed E-state index contributed by atoms with van der Waals surface area (Å²) in [6.45, 7) is 3.82. The smallest absolute Gasteiger partial charge is 0.267 e. The van der Waals surface area contributed by atoms with E-state index in [-0.39, 0.29) is 11.6 Å². The van der Waals surface area contributed by atoms with Gasteiger partial charge in [0, 0.05) is 12.1 Å². The Hall–Kier alpha value is -3.28. The van der Waals surface area contributed by atoms with E-state index >= 15 is 0 Å². The molecule has 3 rings (SSSR count). The Bertz CT molecular complexity index is 898. The fourth-order valence-electron chi connectivity index (χ4n) is 2.63. The van der Waals surface area contributed by atoms with Gasteiger partial charge in [0.25, 0.3) is 11.6 Å². The summed E-state index contributed by atoms with van der Waals surface area (Å²) in [7, 11) is 0. The van der Waals surface area contributed by atoms with Gasteiger partial charge in [-0.05, 0) is 42.7 Å². The molecule has 0 aliphatic carbocycles. The van der Waals surface area contributed by atoms with E-state index in [9.17, 15) is 14.9 Å². The second-order valence-electron chi connectivity index (χ2n) is 5.73. The molecule has 0 atom stereocenters. The molecule has 0 aromatic heterocycles. The van der Waals surface area contributed by atoms with Crippen LogP contribution in [0, 0.1) is 10.1 Å². The molecule has 0 saturated heterocycles. The Morgan fingerprint density at radius 3 is 2.56 bits per heavy atom. The number of benzene rings is 2. The maximum absolute atomic E-state index is 12.7. The van der Waals surface area contributed by atoms with Crippen LogP contribution in [0.15, 0.2) is 59.2 Å². The lowest BCUT2D eigenvalue weighted by atomic mass is 10.1. The fraction of sp³-hybridized carbons (Fsp3) is 0.158. The van der Waals surface area contributed by atoms with E-state index in [1.165, 1.54) is 22.7 Å². The highest BCUT2D eigenvalue weighted by atomic mass is 16.6. The molecule has 1 aliphatic rings. The molecule has 0 unspecified atom stereocenters. The maximum Gasteiger partial charge on any atom is 0.280 e. The summed E-state index contributed by atoms with van der Waals surface area (Å²) >= 11 is 0. The summed E-state index contributed by atoms with van der Waals surface area (Å²) in [5, 5.41) is 16.6. The topological polar surface area (TPSA) is 75.8 Å². The molecular weight excluding hydrogens is 318 g/mol. The van der Waals surface area contributed by atoms with Crippen LogP contribution < -0.4 is 5.01 Å². The molecule has 6 heteroatoms. The van der Waals surface area contributed by atoms with Gasteiger partial charge in [0.2, 0.25) is 0 Å². The van der Waals surface area contributed by atoms with E-state index in [0.717, 1.165) is 6.42 Å². The van der Waals surface area contributed by atoms with Gasteiger partial charge in [0.05, 0.1) is 21.9 Å². The number of carbonyl (C=O) groups excluding carboxylic acids is 1. The molecule has 126 valence electrons. The summed E-state index contributed by atoms with van der Waals surface area (Å²) in [5.74, 6) is -0.242. The van der Waals surface area contributed by atoms with Crippen LogP contribution in [-0.4, -0.2) is 16.5 Å². The Morgan fingerprint density at radius 1 is 1.20 bits per heavy atom. The number of non-ortho nitro benzene ring substituents is 1. The number of nitro groups is 1. The molecule has 6 nitrogen and oxygen atoms in total. The predicted molar refractivity (Wildman–Crippen MR) is 97.5 cm³/mol. The number of anilines is 1. The van der Waals surface area contributed by atoms with Crippen molar-refractivity contribution >= 4 is 29.1 Å². The first-order valence-corrected chi connectivity index (χ1v) is 7.94. The van der Waals surface area contributed by atoms with Crippen LogP contribution in [0.4, 0.5) is 11.4 Å². The van der Waals surface area contributed by atoms with Gasteiger partial charge in [-0.1, -0.05) is 31.2 Å². The van der Waals surface area contributed by atoms with Crippen LogP contribution in [0.3, 0.4) is 0 Å². The van der Waals surface area contributed by atoms with Crippen LogP contribution >= 0.6 is 0 Å². The van der Waals surface area contributed by atoms with Gasteiger partial charge < -0.3 is 0 Å². The number of amides is 1. The van der Waals surface area contributed by atoms with Crippen LogP contribution in [-0.2, 0) is 11.2 Å². The van der Waals surface area contributed by atoms with Crippen LogP contribution in [0.1, 0.15) is 25.0 Å². The summed E-state index contributed by atoms with van der Waals surface area (Å²) in [6.07, 6.45) is 2.56. The average Bonchev–Trinajstić information content (AvgIpc) is 2.90. The summed E-state index contributed by atoms with van der Waals surface area (Å²) in [4.78, 5) is 23.1. The normalized spacial score (nSPS) is 15.6. The van der Waals surface area contributed by atoms with Gasteiger partial charge in [-0.3, -0.25) is 14.9 Å². The van der Waals surface area contributed by atoms with Crippen LogP contribution in [0.5, 0.6) is 0 Å². The number of hydrazone groups is 1. The van der Waals surface area contributed by atoms with E-state index in [1.54, 1.807) is 25.1 Å². The van der Waals surface area contributed by atoms with Crippen molar-refractivity contribution in [3.8, 4) is 0 Å². The fourth-order valence-corrected chi connectivity index (χ4v) is 2.63. The first-order valence-electron chi connectivity index (χ1n) is 7.94. The van der Waals surface area contributed by atoms with Gasteiger partial charge in [-0.25, -0.2) is 0 Å². The van der Waals surface area contributed by atoms with Gasteiger partial charge in [-0.2, -0.15) is 10.1 Å². The molecule has 0 bridgehead atoms. The zero-order valence-corrected chi connectivity index (χ0v) is 14.0. The Labute approximate surface area is 145 Å². The van der Waals surface area contributed by atoms with Crippen molar-refractivity contribution in [1.29, 1.82) is 0 Å². The number of hydrogen-bond donors (Lipinski definition) is 0. The summed E-state index contributed by atoms with van der Waals surface area (Å²) in [5.41, 5.74) is 3.47. The van der Waals surface area contributed by atoms with Gasteiger partial charge in [0.15, 0.2) is 0 Å². The average molecular weight is 335 g/mol. The molecule has 1 amide bonds. The largest absolute Gasteiger partial charge is 0.280 e. The second-order valence-corrected chi connectivity index (χ2v) is 5.73. The number of carbonyl (C=O) groups is 1. The minimum atomic E-state index is -0.457. The standard InChI is InChI=1S/C19H17N3O3/c1-3-14-7-9-16(10-8-14)21-19(23)18(13(2)20-21)12-15-5-4-6-17(11-15)22(24)25/h4-12H,3H2,1-2H3. The van der Waals surface area contributed by atoms with Gasteiger partial charge in [0.1, 0.15) is 0 Å². The molecule has 1 aliphatic heterocycles. The minimum absolute atomic E-state index is 0.0126. The number of rotatable bonds is 4. The SMILES string of the molecule is CCc1ccc(N2N=C(C)C(=Cc3cccc([N+](=O)[O-])c3)C2=O)cc1. The monoisotopic (exact) mass is 335 g/mol. The second kappa shape index (κ2) is 6.68. The maximum atomic E-state index is 12.7. The Kier molecular flexibility index (Phi) is 4.43. The summed E-state index contributed by atoms with van der Waals surface area (Å²) < 4.78 is 0. The molecule has 2 aromatic rings. The van der Waals surface area contributed by atoms with Crippen molar-refractivity contribution in [2.45, 2.75) is 20.3 Å². The molecule has 0 radical (unpaired) electrons. The Balaban J connectivity index is 1.91. The van der Waals surface area contributed by atoms with Gasteiger partial charge in [-0.15, -0.1) is 0 Å². The van der Waals surface area contributed by atoms with Crippen molar-refractivity contribution in [2.75, 3.05) is 5.01 Å². The lowest BCUT2D eigenvalue weighted by Crippen LogP contribution is -2.21. The van der Waals surface area contributed by atoms with Gasteiger partial charge >= 0.3 is 0 Å². The first kappa shape index (κ1) is 16.6. The zero-order chi connectivity index (χ0) is 18.0. The molecule has 1 heterocycles. The van der Waals surface area contributed by atoms with Crippen molar-refractivity contribution in [2.24, 2.45) is 5.10 Å². The molecular formula is C19H17N3O3. The number of nitro benzene ring substituents is 1. The lowest BCUT2D eigenvalue weighted by Gasteiger charge is -2.12. The molecule has 2 aromatic carbocycles. The summed E-state index contributed by atoms with van der Waals surface area (Å²) in [6, 6.07) is 13.8. The predicted octanol–water partition coefficient (Wildman–Crippen LogP) is 3.96. The van der Waals surface area contributed by atoms with Crippen LogP contribution in [0.25, 0.3) is 6.08 Å². The number of nitrogens with zero attached hydrogens (tertiary/aromatic N) is 3. The molecule has 0 saturated carbocycles. The number of hydrogen-bond acceptors (Lipinski definition) is 4. The lowest BCUT2D eigenvalue weighted by molar-refractivity contribution is -0.384. The quantitative estimate of drug-likeness (QED) is 0.482. The molecule has 0 fully saturated rings. The zero-order valence-electron chi connectivity index (χ0n) is 14.0. The molecule has 0 spiro atoms. The van der Waals surface area contributed by atoms with Crippen molar-refractivity contribution in [1.82, 2.24) is 0 Å². The van der Waals surface area contributed by atoms with E-state index < -0.39 is 4.92 Å². The van der Waals surface area contributed by atoms with Crippen molar-refractivity contribution < 1.29 is 9.72 Å². The highest BCUT2D eigenvalue weighted by Gasteiger charge is 2.28.